The van der Waals surface area contributed by atoms with Crippen LogP contribution in [-0.4, -0.2) is 16.0 Å². The standard InChI is InChI=1S/C14H18N4O/c1-2-12(13-15-8-9-16-13)18-14(19)17-10-11-6-4-3-5-7-11/h3-9,12H,2,10H2,1H3,(H,15,16)(H2,17,18,19). The number of hydrogen-bond acceptors (Lipinski definition) is 2. The van der Waals surface area contributed by atoms with Crippen LogP contribution in [0.15, 0.2) is 42.7 Å². The highest BCUT2D eigenvalue weighted by molar-refractivity contribution is 5.74. The third-order valence-corrected chi connectivity index (χ3v) is 2.86. The number of benzene rings is 1. The topological polar surface area (TPSA) is 69.8 Å². The van der Waals surface area contributed by atoms with Crippen LogP contribution < -0.4 is 10.6 Å². The minimum Gasteiger partial charge on any atom is -0.347 e. The summed E-state index contributed by atoms with van der Waals surface area (Å²) in [6, 6.07) is 9.53. The zero-order chi connectivity index (χ0) is 13.5. The summed E-state index contributed by atoms with van der Waals surface area (Å²) in [4.78, 5) is 19.0. The molecule has 0 bridgehead atoms. The Kier molecular flexibility index (Phi) is 4.55. The first-order valence-corrected chi connectivity index (χ1v) is 6.37. The van der Waals surface area contributed by atoms with Gasteiger partial charge in [-0.1, -0.05) is 37.3 Å². The number of aromatic nitrogens is 2. The number of carbonyl (C=O) groups excluding carboxylic acids is 1. The van der Waals surface area contributed by atoms with Gasteiger partial charge in [-0.15, -0.1) is 0 Å². The Morgan fingerprint density at radius 3 is 2.79 bits per heavy atom. The minimum absolute atomic E-state index is 0.0919. The van der Waals surface area contributed by atoms with Crippen molar-refractivity contribution in [1.82, 2.24) is 20.6 Å². The summed E-state index contributed by atoms with van der Waals surface area (Å²) < 4.78 is 0. The Balaban J connectivity index is 1.84. The van der Waals surface area contributed by atoms with E-state index in [9.17, 15) is 4.79 Å². The Hall–Kier alpha value is -2.30. The van der Waals surface area contributed by atoms with Gasteiger partial charge in [0.1, 0.15) is 5.82 Å². The first-order valence-electron chi connectivity index (χ1n) is 6.37. The summed E-state index contributed by atoms with van der Waals surface area (Å²) in [6.45, 7) is 2.52. The molecule has 1 heterocycles. The summed E-state index contributed by atoms with van der Waals surface area (Å²) in [5.74, 6) is 0.775. The Bertz CT molecular complexity index is 495. The van der Waals surface area contributed by atoms with Crippen LogP contribution in [0.2, 0.25) is 0 Å². The fourth-order valence-electron chi connectivity index (χ4n) is 1.82. The van der Waals surface area contributed by atoms with Crippen LogP contribution in [0, 0.1) is 0 Å². The molecule has 19 heavy (non-hydrogen) atoms. The third kappa shape index (κ3) is 3.84. The molecular weight excluding hydrogens is 240 g/mol. The molecule has 2 amide bonds. The third-order valence-electron chi connectivity index (χ3n) is 2.86. The number of nitrogens with zero attached hydrogens (tertiary/aromatic N) is 1. The zero-order valence-corrected chi connectivity index (χ0v) is 10.9. The predicted octanol–water partition coefficient (Wildman–Crippen LogP) is 2.36. The molecule has 0 aliphatic carbocycles. The molecule has 3 N–H and O–H groups in total. The number of imidazole rings is 1. The van der Waals surface area contributed by atoms with Gasteiger partial charge in [0.2, 0.25) is 0 Å². The number of H-pyrrole nitrogens is 1. The second-order valence-corrected chi connectivity index (χ2v) is 4.25. The number of nitrogens with one attached hydrogen (secondary N) is 3. The Morgan fingerprint density at radius 2 is 2.16 bits per heavy atom. The van der Waals surface area contributed by atoms with E-state index < -0.39 is 0 Å². The van der Waals surface area contributed by atoms with E-state index in [-0.39, 0.29) is 12.1 Å². The first kappa shape index (κ1) is 13.1. The van der Waals surface area contributed by atoms with Crippen molar-refractivity contribution >= 4 is 6.03 Å². The smallest absolute Gasteiger partial charge is 0.315 e. The fraction of sp³-hybridized carbons (Fsp3) is 0.286. The van der Waals surface area contributed by atoms with Gasteiger partial charge in [0, 0.05) is 18.9 Å². The van der Waals surface area contributed by atoms with Gasteiger partial charge in [0.05, 0.1) is 6.04 Å². The number of urea groups is 1. The largest absolute Gasteiger partial charge is 0.347 e. The van der Waals surface area contributed by atoms with Gasteiger partial charge in [0.25, 0.3) is 0 Å². The van der Waals surface area contributed by atoms with Crippen molar-refractivity contribution in [3.8, 4) is 0 Å². The molecule has 5 nitrogen and oxygen atoms in total. The van der Waals surface area contributed by atoms with Crippen LogP contribution in [0.5, 0.6) is 0 Å². The van der Waals surface area contributed by atoms with Crippen molar-refractivity contribution in [2.45, 2.75) is 25.9 Å². The van der Waals surface area contributed by atoms with Gasteiger partial charge < -0.3 is 15.6 Å². The zero-order valence-electron chi connectivity index (χ0n) is 10.9. The summed E-state index contributed by atoms with van der Waals surface area (Å²) in [6.07, 6.45) is 4.22. The quantitative estimate of drug-likeness (QED) is 0.770. The molecule has 1 atom stereocenters. The molecule has 0 spiro atoms. The summed E-state index contributed by atoms with van der Waals surface area (Å²) in [5.41, 5.74) is 1.07. The highest BCUT2D eigenvalue weighted by Crippen LogP contribution is 2.10. The van der Waals surface area contributed by atoms with E-state index in [0.717, 1.165) is 17.8 Å². The molecule has 0 aliphatic rings. The van der Waals surface area contributed by atoms with Gasteiger partial charge >= 0.3 is 6.03 Å². The molecule has 0 aliphatic heterocycles. The number of rotatable bonds is 5. The lowest BCUT2D eigenvalue weighted by atomic mass is 10.2. The second kappa shape index (κ2) is 6.58. The lowest BCUT2D eigenvalue weighted by molar-refractivity contribution is 0.235. The number of carbonyl (C=O) groups is 1. The molecule has 5 heteroatoms. The predicted molar refractivity (Wildman–Crippen MR) is 73.4 cm³/mol. The normalized spacial score (nSPS) is 11.8. The van der Waals surface area contributed by atoms with Crippen LogP contribution in [-0.2, 0) is 6.54 Å². The van der Waals surface area contributed by atoms with Crippen molar-refractivity contribution in [2.24, 2.45) is 0 Å². The molecule has 0 fully saturated rings. The monoisotopic (exact) mass is 258 g/mol. The van der Waals surface area contributed by atoms with Crippen LogP contribution in [0.4, 0.5) is 4.79 Å². The lowest BCUT2D eigenvalue weighted by Gasteiger charge is -2.15. The molecule has 1 aromatic carbocycles. The fourth-order valence-corrected chi connectivity index (χ4v) is 1.82. The van der Waals surface area contributed by atoms with Gasteiger partial charge in [0.15, 0.2) is 0 Å². The highest BCUT2D eigenvalue weighted by Gasteiger charge is 2.14. The SMILES string of the molecule is CCC(NC(=O)NCc1ccccc1)c1ncc[nH]1. The van der Waals surface area contributed by atoms with E-state index in [1.165, 1.54) is 0 Å². The van der Waals surface area contributed by atoms with Gasteiger partial charge in [-0.2, -0.15) is 0 Å². The highest BCUT2D eigenvalue weighted by atomic mass is 16.2. The molecule has 2 rings (SSSR count). The number of amides is 2. The minimum atomic E-state index is -0.188. The molecule has 0 saturated heterocycles. The van der Waals surface area contributed by atoms with E-state index in [4.69, 9.17) is 0 Å². The van der Waals surface area contributed by atoms with Crippen LogP contribution >= 0.6 is 0 Å². The van der Waals surface area contributed by atoms with Crippen LogP contribution in [0.3, 0.4) is 0 Å². The molecule has 1 unspecified atom stereocenters. The maximum Gasteiger partial charge on any atom is 0.315 e. The average molecular weight is 258 g/mol. The van der Waals surface area contributed by atoms with E-state index in [1.54, 1.807) is 12.4 Å². The van der Waals surface area contributed by atoms with Crippen molar-refractivity contribution in [2.75, 3.05) is 0 Å². The van der Waals surface area contributed by atoms with Crippen LogP contribution in [0.25, 0.3) is 0 Å². The number of aromatic amines is 1. The van der Waals surface area contributed by atoms with Crippen molar-refractivity contribution in [3.05, 3.63) is 54.1 Å². The molecule has 1 aromatic heterocycles. The molecule has 0 radical (unpaired) electrons. The summed E-state index contributed by atoms with van der Waals surface area (Å²) >= 11 is 0. The van der Waals surface area contributed by atoms with Gasteiger partial charge in [-0.25, -0.2) is 9.78 Å². The Morgan fingerprint density at radius 1 is 1.37 bits per heavy atom. The van der Waals surface area contributed by atoms with E-state index in [1.807, 2.05) is 37.3 Å². The molecular formula is C14H18N4O. The average Bonchev–Trinajstić information content (AvgIpc) is 2.97. The van der Waals surface area contributed by atoms with Gasteiger partial charge in [-0.3, -0.25) is 0 Å². The van der Waals surface area contributed by atoms with E-state index >= 15 is 0 Å². The maximum absolute atomic E-state index is 11.8. The molecule has 2 aromatic rings. The van der Waals surface area contributed by atoms with Crippen molar-refractivity contribution < 1.29 is 4.79 Å². The van der Waals surface area contributed by atoms with Crippen molar-refractivity contribution in [3.63, 3.8) is 0 Å². The van der Waals surface area contributed by atoms with E-state index in [2.05, 4.69) is 20.6 Å². The maximum atomic E-state index is 11.8. The number of hydrogen-bond donors (Lipinski definition) is 3. The lowest BCUT2D eigenvalue weighted by Crippen LogP contribution is -2.37. The molecule has 100 valence electrons. The second-order valence-electron chi connectivity index (χ2n) is 4.25. The van der Waals surface area contributed by atoms with Gasteiger partial charge in [-0.05, 0) is 12.0 Å². The van der Waals surface area contributed by atoms with Crippen molar-refractivity contribution in [1.29, 1.82) is 0 Å². The first-order chi connectivity index (χ1) is 9.29. The molecule has 0 saturated carbocycles. The van der Waals surface area contributed by atoms with Crippen LogP contribution in [0.1, 0.15) is 30.8 Å². The summed E-state index contributed by atoms with van der Waals surface area (Å²) in [5, 5.41) is 5.73. The van der Waals surface area contributed by atoms with E-state index in [0.29, 0.717) is 6.54 Å². The Labute approximate surface area is 112 Å². The summed E-state index contributed by atoms with van der Waals surface area (Å²) in [7, 11) is 0.